The second kappa shape index (κ2) is 8.15. The van der Waals surface area contributed by atoms with Gasteiger partial charge in [-0.15, -0.1) is 0 Å². The minimum Gasteiger partial charge on any atom is -0.469 e. The molecule has 0 amide bonds. The molecule has 0 bridgehead atoms. The van der Waals surface area contributed by atoms with Crippen molar-refractivity contribution < 1.29 is 19.2 Å². The fourth-order valence-corrected chi connectivity index (χ4v) is 1.77. The monoisotopic (exact) mass is 297 g/mol. The van der Waals surface area contributed by atoms with Crippen molar-refractivity contribution in [2.75, 3.05) is 38.8 Å². The maximum absolute atomic E-state index is 11.2. The predicted octanol–water partition coefficient (Wildman–Crippen LogP) is 1.31. The molecule has 0 aliphatic heterocycles. The van der Waals surface area contributed by atoms with Gasteiger partial charge in [0.2, 0.25) is 0 Å². The number of hydrogen-bond acceptors (Lipinski definition) is 7. The molecule has 1 heterocycles. The average Bonchev–Trinajstić information content (AvgIpc) is 2.46. The average molecular weight is 297 g/mol. The first-order chi connectivity index (χ1) is 9.99. The van der Waals surface area contributed by atoms with E-state index in [0.717, 1.165) is 0 Å². The minimum atomic E-state index is -0.472. The van der Waals surface area contributed by atoms with Crippen molar-refractivity contribution in [2.24, 2.45) is 0 Å². The number of esters is 1. The largest absolute Gasteiger partial charge is 0.469 e. The van der Waals surface area contributed by atoms with Gasteiger partial charge in [-0.05, 0) is 13.0 Å². The number of carbonyl (C=O) groups excluding carboxylic acids is 1. The number of ether oxygens (including phenoxy) is 2. The molecular weight excluding hydrogens is 278 g/mol. The highest BCUT2D eigenvalue weighted by Crippen LogP contribution is 2.21. The molecule has 21 heavy (non-hydrogen) atoms. The number of rotatable bonds is 8. The van der Waals surface area contributed by atoms with Crippen LogP contribution in [0, 0.1) is 17.0 Å². The van der Waals surface area contributed by atoms with E-state index in [-0.39, 0.29) is 18.1 Å². The predicted molar refractivity (Wildman–Crippen MR) is 76.4 cm³/mol. The van der Waals surface area contributed by atoms with Crippen molar-refractivity contribution in [1.29, 1.82) is 0 Å². The summed E-state index contributed by atoms with van der Waals surface area (Å²) in [6.45, 7) is 3.04. The van der Waals surface area contributed by atoms with Crippen LogP contribution in [0.3, 0.4) is 0 Å². The number of carbonyl (C=O) groups is 1. The topological polar surface area (TPSA) is 94.8 Å². The molecule has 1 rings (SSSR count). The van der Waals surface area contributed by atoms with E-state index >= 15 is 0 Å². The van der Waals surface area contributed by atoms with E-state index in [0.29, 0.717) is 31.1 Å². The van der Waals surface area contributed by atoms with Crippen LogP contribution < -0.4 is 4.90 Å². The van der Waals surface area contributed by atoms with Gasteiger partial charge in [-0.3, -0.25) is 14.9 Å². The molecule has 0 radical (unpaired) electrons. The second-order valence-corrected chi connectivity index (χ2v) is 4.39. The first kappa shape index (κ1) is 16.8. The molecule has 0 N–H and O–H groups in total. The maximum Gasteiger partial charge on any atom is 0.307 e. The van der Waals surface area contributed by atoms with Crippen molar-refractivity contribution >= 4 is 17.5 Å². The molecule has 116 valence electrons. The van der Waals surface area contributed by atoms with E-state index in [4.69, 9.17) is 4.74 Å². The van der Waals surface area contributed by atoms with E-state index in [1.807, 2.05) is 4.90 Å². The van der Waals surface area contributed by atoms with Crippen LogP contribution in [0.2, 0.25) is 0 Å². The molecule has 0 spiro atoms. The Morgan fingerprint density at radius 1 is 1.43 bits per heavy atom. The smallest absolute Gasteiger partial charge is 0.307 e. The standard InChI is InChI=1S/C13H19N3O5/c1-10-8-12(14-9-11(10)16(18)19)15(6-7-20-2)5-4-13(17)21-3/h8-9H,4-7H2,1-3H3. The van der Waals surface area contributed by atoms with Crippen molar-refractivity contribution in [1.82, 2.24) is 4.98 Å². The highest BCUT2D eigenvalue weighted by Gasteiger charge is 2.16. The SMILES string of the molecule is COCCN(CCC(=O)OC)c1cc(C)c([N+](=O)[O-])cn1. The van der Waals surface area contributed by atoms with Crippen molar-refractivity contribution in [3.8, 4) is 0 Å². The fraction of sp³-hybridized carbons (Fsp3) is 0.538. The van der Waals surface area contributed by atoms with Crippen LogP contribution in [0.15, 0.2) is 12.3 Å². The van der Waals surface area contributed by atoms with Crippen LogP contribution >= 0.6 is 0 Å². The van der Waals surface area contributed by atoms with E-state index < -0.39 is 4.92 Å². The Hall–Kier alpha value is -2.22. The van der Waals surface area contributed by atoms with Gasteiger partial charge in [-0.25, -0.2) is 4.98 Å². The van der Waals surface area contributed by atoms with Crippen LogP contribution in [0.25, 0.3) is 0 Å². The van der Waals surface area contributed by atoms with Gasteiger partial charge in [-0.1, -0.05) is 0 Å². The first-order valence-corrected chi connectivity index (χ1v) is 6.41. The Morgan fingerprint density at radius 3 is 2.67 bits per heavy atom. The summed E-state index contributed by atoms with van der Waals surface area (Å²) in [5.41, 5.74) is 0.490. The summed E-state index contributed by atoms with van der Waals surface area (Å²) >= 11 is 0. The molecule has 8 nitrogen and oxygen atoms in total. The molecule has 0 fully saturated rings. The van der Waals surface area contributed by atoms with Crippen molar-refractivity contribution in [3.05, 3.63) is 27.9 Å². The number of anilines is 1. The zero-order valence-electron chi connectivity index (χ0n) is 12.4. The third kappa shape index (κ3) is 4.99. The minimum absolute atomic E-state index is 0.0293. The van der Waals surface area contributed by atoms with E-state index in [1.165, 1.54) is 13.3 Å². The van der Waals surface area contributed by atoms with Gasteiger partial charge in [0.15, 0.2) is 0 Å². The number of aromatic nitrogens is 1. The molecule has 1 aromatic rings. The maximum atomic E-state index is 11.2. The molecule has 0 saturated carbocycles. The highest BCUT2D eigenvalue weighted by molar-refractivity contribution is 5.70. The number of pyridine rings is 1. The fourth-order valence-electron chi connectivity index (χ4n) is 1.77. The van der Waals surface area contributed by atoms with Gasteiger partial charge in [-0.2, -0.15) is 0 Å². The van der Waals surface area contributed by atoms with Crippen molar-refractivity contribution in [2.45, 2.75) is 13.3 Å². The van der Waals surface area contributed by atoms with E-state index in [1.54, 1.807) is 20.1 Å². The summed E-state index contributed by atoms with van der Waals surface area (Å²) in [5.74, 6) is 0.245. The van der Waals surface area contributed by atoms with E-state index in [9.17, 15) is 14.9 Å². The van der Waals surface area contributed by atoms with Gasteiger partial charge in [0.1, 0.15) is 12.0 Å². The molecule has 0 aliphatic rings. The Labute approximate surface area is 122 Å². The lowest BCUT2D eigenvalue weighted by Gasteiger charge is -2.23. The normalized spacial score (nSPS) is 10.2. The molecule has 1 aromatic heterocycles. The Balaban J connectivity index is 2.88. The zero-order chi connectivity index (χ0) is 15.8. The first-order valence-electron chi connectivity index (χ1n) is 6.41. The van der Waals surface area contributed by atoms with E-state index in [2.05, 4.69) is 9.72 Å². The van der Waals surface area contributed by atoms with Crippen LogP contribution in [-0.4, -0.2) is 49.8 Å². The summed E-state index contributed by atoms with van der Waals surface area (Å²) in [4.78, 5) is 27.5. The third-order valence-electron chi connectivity index (χ3n) is 2.97. The second-order valence-electron chi connectivity index (χ2n) is 4.39. The number of aryl methyl sites for hydroxylation is 1. The van der Waals surface area contributed by atoms with Gasteiger partial charge in [0.25, 0.3) is 5.69 Å². The van der Waals surface area contributed by atoms with Crippen molar-refractivity contribution in [3.63, 3.8) is 0 Å². The summed E-state index contributed by atoms with van der Waals surface area (Å²) < 4.78 is 9.63. The summed E-state index contributed by atoms with van der Waals surface area (Å²) in [6.07, 6.45) is 1.43. The van der Waals surface area contributed by atoms with Crippen LogP contribution in [-0.2, 0) is 14.3 Å². The lowest BCUT2D eigenvalue weighted by atomic mass is 10.2. The lowest BCUT2D eigenvalue weighted by Crippen LogP contribution is -2.30. The van der Waals surface area contributed by atoms with Crippen LogP contribution in [0.4, 0.5) is 11.5 Å². The molecule has 0 saturated heterocycles. The third-order valence-corrected chi connectivity index (χ3v) is 2.97. The summed E-state index contributed by atoms with van der Waals surface area (Å²) in [6, 6.07) is 1.63. The quantitative estimate of drug-likeness (QED) is 0.405. The highest BCUT2D eigenvalue weighted by atomic mass is 16.6. The molecular formula is C13H19N3O5. The Morgan fingerprint density at radius 2 is 2.14 bits per heavy atom. The molecule has 0 atom stereocenters. The summed E-state index contributed by atoms with van der Waals surface area (Å²) in [5, 5.41) is 10.8. The van der Waals surface area contributed by atoms with Gasteiger partial charge in [0, 0.05) is 25.8 Å². The van der Waals surface area contributed by atoms with Gasteiger partial charge < -0.3 is 14.4 Å². The number of hydrogen-bond donors (Lipinski definition) is 0. The number of methoxy groups -OCH3 is 2. The Kier molecular flexibility index (Phi) is 6.54. The molecule has 0 aliphatic carbocycles. The molecule has 8 heteroatoms. The number of nitro groups is 1. The van der Waals surface area contributed by atoms with Crippen LogP contribution in [0.5, 0.6) is 0 Å². The van der Waals surface area contributed by atoms with Gasteiger partial charge in [0.05, 0.1) is 25.1 Å². The van der Waals surface area contributed by atoms with Gasteiger partial charge >= 0.3 is 5.97 Å². The zero-order valence-corrected chi connectivity index (χ0v) is 12.4. The Bertz CT molecular complexity index is 507. The lowest BCUT2D eigenvalue weighted by molar-refractivity contribution is -0.385. The molecule has 0 unspecified atom stereocenters. The molecule has 0 aromatic carbocycles. The number of nitrogens with zero attached hydrogens (tertiary/aromatic N) is 3. The summed E-state index contributed by atoms with van der Waals surface area (Å²) in [7, 11) is 2.91. The van der Waals surface area contributed by atoms with Crippen LogP contribution in [0.1, 0.15) is 12.0 Å².